The zero-order valence-electron chi connectivity index (χ0n) is 9.44. The highest BCUT2D eigenvalue weighted by molar-refractivity contribution is 5.50. The molecule has 7 nitrogen and oxygen atoms in total. The number of hydrogen-bond acceptors (Lipinski definition) is 7. The van der Waals surface area contributed by atoms with E-state index in [0.717, 1.165) is 0 Å². The van der Waals surface area contributed by atoms with Crippen molar-refractivity contribution in [2.75, 3.05) is 23.1 Å². The van der Waals surface area contributed by atoms with E-state index in [4.69, 9.17) is 11.6 Å². The molecule has 16 heavy (non-hydrogen) atoms. The summed E-state index contributed by atoms with van der Waals surface area (Å²) in [7, 11) is 0. The summed E-state index contributed by atoms with van der Waals surface area (Å²) in [4.78, 5) is 7.86. The van der Waals surface area contributed by atoms with Gasteiger partial charge in [-0.1, -0.05) is 13.8 Å². The number of nitrogens with zero attached hydrogens (tertiary/aromatic N) is 2. The van der Waals surface area contributed by atoms with E-state index < -0.39 is 0 Å². The minimum Gasteiger partial charge on any atom is -0.394 e. The van der Waals surface area contributed by atoms with Crippen LogP contribution >= 0.6 is 0 Å². The molecule has 0 saturated heterocycles. The normalized spacial score (nSPS) is 12.6. The van der Waals surface area contributed by atoms with Crippen molar-refractivity contribution in [3.63, 3.8) is 0 Å². The zero-order chi connectivity index (χ0) is 12.1. The largest absolute Gasteiger partial charge is 0.394 e. The van der Waals surface area contributed by atoms with Gasteiger partial charge < -0.3 is 21.6 Å². The van der Waals surface area contributed by atoms with Crippen molar-refractivity contribution < 1.29 is 5.11 Å². The van der Waals surface area contributed by atoms with Crippen molar-refractivity contribution in [1.29, 1.82) is 0 Å². The van der Waals surface area contributed by atoms with Gasteiger partial charge >= 0.3 is 0 Å². The summed E-state index contributed by atoms with van der Waals surface area (Å²) in [5, 5.41) is 12.2. The third kappa shape index (κ3) is 3.21. The van der Waals surface area contributed by atoms with Gasteiger partial charge in [-0.3, -0.25) is 0 Å². The van der Waals surface area contributed by atoms with Crippen LogP contribution in [0.15, 0.2) is 6.07 Å². The van der Waals surface area contributed by atoms with Crippen LogP contribution < -0.4 is 22.3 Å². The number of nitrogens with one attached hydrogen (secondary N) is 2. The standard InChI is InChI=1S/C9H18N6O/c1-5(2)6(4-16)12-7-3-8(15-11)14-9(10)13-7/h3,5-6,16H,4,11H2,1-2H3,(H4,10,12,13,14,15)/t6-/m1/s1. The summed E-state index contributed by atoms with van der Waals surface area (Å²) in [6, 6.07) is 1.54. The lowest BCUT2D eigenvalue weighted by Gasteiger charge is -2.20. The number of aromatic nitrogens is 2. The Kier molecular flexibility index (Phi) is 4.27. The Labute approximate surface area is 94.2 Å². The third-order valence-corrected chi connectivity index (χ3v) is 2.23. The molecule has 0 aliphatic rings. The van der Waals surface area contributed by atoms with E-state index in [9.17, 15) is 5.11 Å². The Morgan fingerprint density at radius 3 is 2.50 bits per heavy atom. The fraction of sp³-hybridized carbons (Fsp3) is 0.556. The first kappa shape index (κ1) is 12.5. The Balaban J connectivity index is 2.83. The predicted octanol–water partition coefficient (Wildman–Crippen LogP) is -0.227. The molecule has 1 aromatic rings. The van der Waals surface area contributed by atoms with Gasteiger partial charge in [-0.2, -0.15) is 9.97 Å². The summed E-state index contributed by atoms with van der Waals surface area (Å²) < 4.78 is 0. The van der Waals surface area contributed by atoms with Gasteiger partial charge in [0, 0.05) is 6.07 Å². The van der Waals surface area contributed by atoms with E-state index in [1.807, 2.05) is 13.8 Å². The Bertz CT molecular complexity index is 343. The number of hydrazine groups is 1. The van der Waals surface area contributed by atoms with Gasteiger partial charge in [-0.15, -0.1) is 0 Å². The van der Waals surface area contributed by atoms with Crippen LogP contribution in [0.4, 0.5) is 17.6 Å². The van der Waals surface area contributed by atoms with Crippen LogP contribution in [0.1, 0.15) is 13.8 Å². The second kappa shape index (κ2) is 5.47. The second-order valence-corrected chi connectivity index (χ2v) is 3.82. The fourth-order valence-corrected chi connectivity index (χ4v) is 1.23. The molecule has 7 N–H and O–H groups in total. The summed E-state index contributed by atoms with van der Waals surface area (Å²) in [6.45, 7) is 4.02. The average Bonchev–Trinajstić information content (AvgIpc) is 2.24. The summed E-state index contributed by atoms with van der Waals surface area (Å²) in [5.41, 5.74) is 7.90. The molecule has 1 heterocycles. The molecule has 0 amide bonds. The van der Waals surface area contributed by atoms with Crippen molar-refractivity contribution in [2.45, 2.75) is 19.9 Å². The first-order chi connectivity index (χ1) is 7.56. The first-order valence-electron chi connectivity index (χ1n) is 5.05. The molecule has 0 bridgehead atoms. The molecule has 0 radical (unpaired) electrons. The highest BCUT2D eigenvalue weighted by Crippen LogP contribution is 2.14. The van der Waals surface area contributed by atoms with Crippen molar-refractivity contribution in [3.8, 4) is 0 Å². The quantitative estimate of drug-likeness (QED) is 0.347. The molecule has 0 aromatic carbocycles. The van der Waals surface area contributed by atoms with Crippen LogP contribution in [0.5, 0.6) is 0 Å². The van der Waals surface area contributed by atoms with E-state index in [2.05, 4.69) is 20.7 Å². The number of hydrogen-bond donors (Lipinski definition) is 5. The van der Waals surface area contributed by atoms with Crippen molar-refractivity contribution in [1.82, 2.24) is 9.97 Å². The number of rotatable bonds is 5. The van der Waals surface area contributed by atoms with Crippen molar-refractivity contribution in [3.05, 3.63) is 6.07 Å². The van der Waals surface area contributed by atoms with Crippen LogP contribution in [0.2, 0.25) is 0 Å². The lowest BCUT2D eigenvalue weighted by atomic mass is 10.1. The molecule has 0 saturated carbocycles. The number of nitrogens with two attached hydrogens (primary N) is 2. The van der Waals surface area contributed by atoms with Gasteiger partial charge in [0.05, 0.1) is 12.6 Å². The maximum atomic E-state index is 9.18. The van der Waals surface area contributed by atoms with E-state index in [1.165, 1.54) is 0 Å². The summed E-state index contributed by atoms with van der Waals surface area (Å²) in [6.07, 6.45) is 0. The molecular formula is C9H18N6O. The number of anilines is 3. The van der Waals surface area contributed by atoms with Crippen LogP contribution in [0.3, 0.4) is 0 Å². The number of aliphatic hydroxyl groups excluding tert-OH is 1. The van der Waals surface area contributed by atoms with Gasteiger partial charge in [-0.05, 0) is 5.92 Å². The maximum absolute atomic E-state index is 9.18. The monoisotopic (exact) mass is 226 g/mol. The molecule has 0 spiro atoms. The van der Waals surface area contributed by atoms with Gasteiger partial charge in [-0.25, -0.2) is 5.84 Å². The maximum Gasteiger partial charge on any atom is 0.223 e. The highest BCUT2D eigenvalue weighted by atomic mass is 16.3. The fourth-order valence-electron chi connectivity index (χ4n) is 1.23. The molecule has 0 unspecified atom stereocenters. The van der Waals surface area contributed by atoms with Gasteiger partial charge in [0.25, 0.3) is 0 Å². The van der Waals surface area contributed by atoms with E-state index in [1.54, 1.807) is 6.07 Å². The third-order valence-electron chi connectivity index (χ3n) is 2.23. The second-order valence-electron chi connectivity index (χ2n) is 3.82. The molecular weight excluding hydrogens is 208 g/mol. The lowest BCUT2D eigenvalue weighted by Crippen LogP contribution is -2.30. The minimum absolute atomic E-state index is 0.0208. The number of nitrogen functional groups attached to an aromatic ring is 2. The molecule has 7 heteroatoms. The van der Waals surface area contributed by atoms with Crippen LogP contribution in [0, 0.1) is 5.92 Å². The molecule has 0 aliphatic heterocycles. The molecule has 1 atom stereocenters. The summed E-state index contributed by atoms with van der Waals surface area (Å²) in [5.74, 6) is 6.60. The Morgan fingerprint density at radius 1 is 1.38 bits per heavy atom. The SMILES string of the molecule is CC(C)[C@@H](CO)Nc1cc(NN)nc(N)n1. The van der Waals surface area contributed by atoms with Crippen molar-refractivity contribution in [2.24, 2.45) is 11.8 Å². The highest BCUT2D eigenvalue weighted by Gasteiger charge is 2.13. The van der Waals surface area contributed by atoms with Gasteiger partial charge in [0.2, 0.25) is 5.95 Å². The zero-order valence-corrected chi connectivity index (χ0v) is 9.44. The first-order valence-corrected chi connectivity index (χ1v) is 5.05. The van der Waals surface area contributed by atoms with E-state index in [0.29, 0.717) is 11.6 Å². The molecule has 90 valence electrons. The Hall–Kier alpha value is -1.60. The van der Waals surface area contributed by atoms with Crippen LogP contribution in [-0.2, 0) is 0 Å². The van der Waals surface area contributed by atoms with Crippen LogP contribution in [0.25, 0.3) is 0 Å². The molecule has 1 rings (SSSR count). The van der Waals surface area contributed by atoms with E-state index in [-0.39, 0.29) is 24.5 Å². The van der Waals surface area contributed by atoms with E-state index >= 15 is 0 Å². The molecule has 0 fully saturated rings. The molecule has 0 aliphatic carbocycles. The average molecular weight is 226 g/mol. The minimum atomic E-state index is -0.0834. The lowest BCUT2D eigenvalue weighted by molar-refractivity contribution is 0.249. The Morgan fingerprint density at radius 2 is 2.00 bits per heavy atom. The van der Waals surface area contributed by atoms with Gasteiger partial charge in [0.1, 0.15) is 11.6 Å². The smallest absolute Gasteiger partial charge is 0.223 e. The number of aliphatic hydroxyl groups is 1. The summed E-state index contributed by atoms with van der Waals surface area (Å²) >= 11 is 0. The van der Waals surface area contributed by atoms with Crippen LogP contribution in [-0.4, -0.2) is 27.7 Å². The predicted molar refractivity (Wildman–Crippen MR) is 63.6 cm³/mol. The van der Waals surface area contributed by atoms with Crippen molar-refractivity contribution >= 4 is 17.6 Å². The topological polar surface area (TPSA) is 122 Å². The molecule has 1 aromatic heterocycles. The van der Waals surface area contributed by atoms with Gasteiger partial charge in [0.15, 0.2) is 0 Å².